The second kappa shape index (κ2) is 5.30. The number of hydrogen-bond donors (Lipinski definition) is 2. The van der Waals surface area contributed by atoms with E-state index in [1.807, 2.05) is 6.92 Å². The highest BCUT2D eigenvalue weighted by atomic mass is 16.5. The minimum atomic E-state index is -1.24. The summed E-state index contributed by atoms with van der Waals surface area (Å²) in [5.41, 5.74) is -2.22. The number of ether oxygens (including phenoxy) is 1. The maximum atomic E-state index is 11.9. The molecule has 16 heavy (non-hydrogen) atoms. The van der Waals surface area contributed by atoms with Crippen LogP contribution in [0, 0.1) is 0 Å². The molecule has 0 fully saturated rings. The molecular weight excluding hydrogens is 210 g/mol. The molecule has 0 rings (SSSR count). The molecule has 5 heteroatoms. The molecule has 0 spiro atoms. The van der Waals surface area contributed by atoms with Crippen LogP contribution in [0.15, 0.2) is 0 Å². The number of nitrogens with one attached hydrogen (secondary N) is 1. The maximum Gasteiger partial charge on any atom is 0.329 e. The smallest absolute Gasteiger partial charge is 0.329 e. The lowest BCUT2D eigenvalue weighted by Crippen LogP contribution is -2.58. The van der Waals surface area contributed by atoms with E-state index in [-0.39, 0.29) is 0 Å². The molecule has 2 atom stereocenters. The van der Waals surface area contributed by atoms with E-state index in [9.17, 15) is 9.59 Å². The van der Waals surface area contributed by atoms with Gasteiger partial charge in [0.25, 0.3) is 5.91 Å². The SMILES string of the molecule is CCC(C)(NC(=O)C(C)(CC)OC)C(=O)O. The Kier molecular flexibility index (Phi) is 4.93. The summed E-state index contributed by atoms with van der Waals surface area (Å²) < 4.78 is 5.11. The Morgan fingerprint density at radius 2 is 1.75 bits per heavy atom. The molecule has 0 heterocycles. The summed E-state index contributed by atoms with van der Waals surface area (Å²) in [7, 11) is 1.44. The fourth-order valence-corrected chi connectivity index (χ4v) is 1.07. The lowest BCUT2D eigenvalue weighted by molar-refractivity contribution is -0.153. The van der Waals surface area contributed by atoms with Crippen molar-refractivity contribution in [1.29, 1.82) is 0 Å². The number of rotatable bonds is 6. The first kappa shape index (κ1) is 14.9. The van der Waals surface area contributed by atoms with Crippen molar-refractivity contribution < 1.29 is 19.4 Å². The molecule has 0 aliphatic carbocycles. The van der Waals surface area contributed by atoms with Crippen LogP contribution in [0.25, 0.3) is 0 Å². The first-order valence-corrected chi connectivity index (χ1v) is 5.37. The average molecular weight is 231 g/mol. The summed E-state index contributed by atoms with van der Waals surface area (Å²) in [6, 6.07) is 0. The molecule has 2 N–H and O–H groups in total. The number of carboxylic acids is 1. The zero-order valence-corrected chi connectivity index (χ0v) is 10.6. The predicted molar refractivity (Wildman–Crippen MR) is 60.2 cm³/mol. The molecule has 0 saturated carbocycles. The second-order valence-corrected chi connectivity index (χ2v) is 4.23. The van der Waals surface area contributed by atoms with Crippen molar-refractivity contribution in [1.82, 2.24) is 5.32 Å². The number of amides is 1. The highest BCUT2D eigenvalue weighted by Crippen LogP contribution is 2.17. The van der Waals surface area contributed by atoms with Gasteiger partial charge in [-0.3, -0.25) is 4.79 Å². The van der Waals surface area contributed by atoms with Crippen LogP contribution < -0.4 is 5.32 Å². The van der Waals surface area contributed by atoms with Gasteiger partial charge in [-0.05, 0) is 26.7 Å². The van der Waals surface area contributed by atoms with Crippen molar-refractivity contribution in [3.05, 3.63) is 0 Å². The Morgan fingerprint density at radius 1 is 1.25 bits per heavy atom. The minimum Gasteiger partial charge on any atom is -0.480 e. The van der Waals surface area contributed by atoms with Gasteiger partial charge in [0, 0.05) is 7.11 Å². The van der Waals surface area contributed by atoms with Gasteiger partial charge >= 0.3 is 5.97 Å². The van der Waals surface area contributed by atoms with Gasteiger partial charge in [-0.2, -0.15) is 0 Å². The zero-order chi connectivity index (χ0) is 13.0. The Labute approximate surface area is 96.2 Å². The molecule has 0 aromatic heterocycles. The summed E-state index contributed by atoms with van der Waals surface area (Å²) in [6.45, 7) is 6.65. The zero-order valence-electron chi connectivity index (χ0n) is 10.6. The standard InChI is InChI=1S/C11H21NO4/c1-6-10(3,9(14)15)12-8(13)11(4,7-2)16-5/h6-7H2,1-5H3,(H,12,13)(H,14,15). The quantitative estimate of drug-likeness (QED) is 0.719. The van der Waals surface area contributed by atoms with Gasteiger partial charge in [-0.1, -0.05) is 13.8 Å². The summed E-state index contributed by atoms with van der Waals surface area (Å²) in [5.74, 6) is -1.44. The van der Waals surface area contributed by atoms with Gasteiger partial charge in [-0.15, -0.1) is 0 Å². The van der Waals surface area contributed by atoms with E-state index in [4.69, 9.17) is 9.84 Å². The van der Waals surface area contributed by atoms with E-state index in [2.05, 4.69) is 5.32 Å². The number of carbonyl (C=O) groups excluding carboxylic acids is 1. The van der Waals surface area contributed by atoms with Crippen molar-refractivity contribution in [2.75, 3.05) is 7.11 Å². The molecule has 0 radical (unpaired) electrons. The molecule has 0 bridgehead atoms. The van der Waals surface area contributed by atoms with E-state index in [0.29, 0.717) is 12.8 Å². The maximum absolute atomic E-state index is 11.9. The van der Waals surface area contributed by atoms with Crippen LogP contribution >= 0.6 is 0 Å². The minimum absolute atomic E-state index is 0.317. The van der Waals surface area contributed by atoms with E-state index >= 15 is 0 Å². The monoisotopic (exact) mass is 231 g/mol. The van der Waals surface area contributed by atoms with Crippen LogP contribution in [0.2, 0.25) is 0 Å². The fourth-order valence-electron chi connectivity index (χ4n) is 1.07. The van der Waals surface area contributed by atoms with E-state index in [1.165, 1.54) is 14.0 Å². The topological polar surface area (TPSA) is 75.6 Å². The third kappa shape index (κ3) is 2.95. The predicted octanol–water partition coefficient (Wildman–Crippen LogP) is 1.17. The number of methoxy groups -OCH3 is 1. The van der Waals surface area contributed by atoms with Crippen LogP contribution in [0.4, 0.5) is 0 Å². The van der Waals surface area contributed by atoms with Crippen molar-refractivity contribution >= 4 is 11.9 Å². The number of carboxylic acid groups (broad SMARTS) is 1. The van der Waals surface area contributed by atoms with Gasteiger partial charge < -0.3 is 15.2 Å². The van der Waals surface area contributed by atoms with E-state index in [0.717, 1.165) is 0 Å². The summed E-state index contributed by atoms with van der Waals surface area (Å²) in [6.07, 6.45) is 0.798. The Balaban J connectivity index is 4.85. The van der Waals surface area contributed by atoms with Crippen molar-refractivity contribution in [2.24, 2.45) is 0 Å². The molecule has 5 nitrogen and oxygen atoms in total. The Bertz CT molecular complexity index is 273. The van der Waals surface area contributed by atoms with Crippen LogP contribution in [-0.4, -0.2) is 35.2 Å². The van der Waals surface area contributed by atoms with Gasteiger partial charge in [0.1, 0.15) is 11.1 Å². The van der Waals surface area contributed by atoms with Crippen LogP contribution in [0.5, 0.6) is 0 Å². The highest BCUT2D eigenvalue weighted by Gasteiger charge is 2.39. The average Bonchev–Trinajstić information content (AvgIpc) is 2.27. The van der Waals surface area contributed by atoms with Crippen LogP contribution in [-0.2, 0) is 14.3 Å². The van der Waals surface area contributed by atoms with E-state index in [1.54, 1.807) is 13.8 Å². The Hall–Kier alpha value is -1.10. The molecule has 0 aromatic rings. The third-order valence-corrected chi connectivity index (χ3v) is 3.17. The molecule has 0 saturated heterocycles. The summed E-state index contributed by atoms with van der Waals surface area (Å²) in [5, 5.41) is 11.6. The van der Waals surface area contributed by atoms with Crippen molar-refractivity contribution in [3.63, 3.8) is 0 Å². The third-order valence-electron chi connectivity index (χ3n) is 3.17. The van der Waals surface area contributed by atoms with Crippen LogP contribution in [0.3, 0.4) is 0 Å². The normalized spacial score (nSPS) is 18.3. The summed E-state index contributed by atoms with van der Waals surface area (Å²) in [4.78, 5) is 22.9. The number of aliphatic carboxylic acids is 1. The van der Waals surface area contributed by atoms with Gasteiger partial charge in [-0.25, -0.2) is 4.79 Å². The molecule has 1 amide bonds. The molecular formula is C11H21NO4. The van der Waals surface area contributed by atoms with Gasteiger partial charge in [0.15, 0.2) is 0 Å². The first-order valence-electron chi connectivity index (χ1n) is 5.37. The lowest BCUT2D eigenvalue weighted by atomic mass is 9.95. The highest BCUT2D eigenvalue weighted by molar-refractivity contribution is 5.91. The fraction of sp³-hybridized carbons (Fsp3) is 0.818. The second-order valence-electron chi connectivity index (χ2n) is 4.23. The molecule has 0 aromatic carbocycles. The first-order chi connectivity index (χ1) is 7.25. The largest absolute Gasteiger partial charge is 0.480 e. The molecule has 0 aliphatic heterocycles. The summed E-state index contributed by atoms with van der Waals surface area (Å²) >= 11 is 0. The number of carbonyl (C=O) groups is 2. The molecule has 0 aliphatic rings. The molecule has 94 valence electrons. The van der Waals surface area contributed by atoms with E-state index < -0.39 is 23.0 Å². The Morgan fingerprint density at radius 3 is 2.00 bits per heavy atom. The number of hydrogen-bond acceptors (Lipinski definition) is 3. The van der Waals surface area contributed by atoms with Crippen molar-refractivity contribution in [3.8, 4) is 0 Å². The molecule has 2 unspecified atom stereocenters. The van der Waals surface area contributed by atoms with Crippen LogP contribution in [0.1, 0.15) is 40.5 Å². The lowest BCUT2D eigenvalue weighted by Gasteiger charge is -2.31. The van der Waals surface area contributed by atoms with Gasteiger partial charge in [0.2, 0.25) is 0 Å². The van der Waals surface area contributed by atoms with Crippen molar-refractivity contribution in [2.45, 2.75) is 51.7 Å². The van der Waals surface area contributed by atoms with Gasteiger partial charge in [0.05, 0.1) is 0 Å².